The summed E-state index contributed by atoms with van der Waals surface area (Å²) in [5, 5.41) is 2.67. The van der Waals surface area contributed by atoms with Crippen LogP contribution in [0.2, 0.25) is 0 Å². The van der Waals surface area contributed by atoms with E-state index in [9.17, 15) is 18.0 Å². The summed E-state index contributed by atoms with van der Waals surface area (Å²) in [6, 6.07) is 13.9. The molecule has 0 radical (unpaired) electrons. The molecule has 0 aliphatic carbocycles. The maximum Gasteiger partial charge on any atom is 0.416 e. The Morgan fingerprint density at radius 1 is 1.18 bits per heavy atom. The number of anilines is 1. The van der Waals surface area contributed by atoms with Crippen molar-refractivity contribution in [2.24, 2.45) is 0 Å². The molecule has 1 amide bonds. The molecule has 34 heavy (non-hydrogen) atoms. The van der Waals surface area contributed by atoms with Crippen LogP contribution in [0.3, 0.4) is 0 Å². The van der Waals surface area contributed by atoms with Gasteiger partial charge in [0.05, 0.1) is 43.1 Å². The van der Waals surface area contributed by atoms with Gasteiger partial charge in [0.15, 0.2) is 0 Å². The summed E-state index contributed by atoms with van der Waals surface area (Å²) in [4.78, 5) is 17.0. The third-order valence-corrected chi connectivity index (χ3v) is 5.21. The molecule has 0 aliphatic heterocycles. The highest BCUT2D eigenvalue weighted by molar-refractivity contribution is 5.94. The lowest BCUT2D eigenvalue weighted by Crippen LogP contribution is -2.29. The van der Waals surface area contributed by atoms with E-state index in [0.29, 0.717) is 17.0 Å². The Kier molecular flexibility index (Phi) is 6.60. The van der Waals surface area contributed by atoms with Crippen molar-refractivity contribution in [3.8, 4) is 5.75 Å². The van der Waals surface area contributed by atoms with E-state index in [0.717, 1.165) is 17.7 Å². The number of imidazole rings is 1. The highest BCUT2D eigenvalue weighted by Crippen LogP contribution is 2.32. The summed E-state index contributed by atoms with van der Waals surface area (Å²) in [6.45, 7) is 1.92. The fourth-order valence-electron chi connectivity index (χ4n) is 3.39. The zero-order valence-electron chi connectivity index (χ0n) is 18.4. The minimum Gasteiger partial charge on any atom is -0.497 e. The zero-order chi connectivity index (χ0) is 24.3. The molecule has 2 aromatic carbocycles. The van der Waals surface area contributed by atoms with Crippen LogP contribution in [-0.4, -0.2) is 28.7 Å². The highest BCUT2D eigenvalue weighted by atomic mass is 19.4. The Morgan fingerprint density at radius 3 is 2.71 bits per heavy atom. The molecule has 0 aliphatic rings. The van der Waals surface area contributed by atoms with Crippen molar-refractivity contribution < 1.29 is 31.9 Å². The first-order valence-electron chi connectivity index (χ1n) is 10.4. The van der Waals surface area contributed by atoms with E-state index in [1.807, 2.05) is 12.1 Å². The quantitative estimate of drug-likeness (QED) is 0.378. The fourth-order valence-corrected chi connectivity index (χ4v) is 3.39. The number of carbonyl (C=O) groups excluding carboxylic acids is 1. The molecule has 1 N–H and O–H groups in total. The second-order valence-corrected chi connectivity index (χ2v) is 7.60. The number of benzene rings is 2. The number of aromatic nitrogens is 2. The van der Waals surface area contributed by atoms with Gasteiger partial charge in [0, 0.05) is 0 Å². The summed E-state index contributed by atoms with van der Waals surface area (Å²) in [7, 11) is 1.56. The maximum atomic E-state index is 13.2. The standard InChI is InChI=1S/C24H22F3N3O4/c1-15(34-14-16-5-3-6-18(11-16)32-2)22(31)29-23-28-20-12-17(24(25,26)27)8-9-21(20)30(23)13-19-7-4-10-33-19/h3-12,15H,13-14H2,1-2H3,(H,28,29,31). The van der Waals surface area contributed by atoms with Crippen molar-refractivity contribution >= 4 is 22.9 Å². The fraction of sp³-hybridized carbons (Fsp3) is 0.250. The van der Waals surface area contributed by atoms with Crippen molar-refractivity contribution in [2.75, 3.05) is 12.4 Å². The number of nitrogens with one attached hydrogen (secondary N) is 1. The minimum absolute atomic E-state index is 0.0903. The van der Waals surface area contributed by atoms with Gasteiger partial charge in [-0.15, -0.1) is 0 Å². The van der Waals surface area contributed by atoms with Crippen molar-refractivity contribution in [3.05, 3.63) is 77.7 Å². The summed E-state index contributed by atoms with van der Waals surface area (Å²) >= 11 is 0. The van der Waals surface area contributed by atoms with Crippen LogP contribution in [0.25, 0.3) is 11.0 Å². The summed E-state index contributed by atoms with van der Waals surface area (Å²) < 4.78 is 57.3. The highest BCUT2D eigenvalue weighted by Gasteiger charge is 2.31. The molecule has 0 fully saturated rings. The van der Waals surface area contributed by atoms with E-state index in [1.54, 1.807) is 42.9 Å². The third-order valence-electron chi connectivity index (χ3n) is 5.21. The van der Waals surface area contributed by atoms with Crippen LogP contribution >= 0.6 is 0 Å². The normalized spacial score (nSPS) is 12.6. The van der Waals surface area contributed by atoms with Gasteiger partial charge in [-0.25, -0.2) is 4.98 Å². The average molecular weight is 473 g/mol. The molecule has 7 nitrogen and oxygen atoms in total. The van der Waals surface area contributed by atoms with Gasteiger partial charge in [-0.3, -0.25) is 10.1 Å². The molecule has 0 saturated carbocycles. The van der Waals surface area contributed by atoms with E-state index in [-0.39, 0.29) is 24.6 Å². The number of furan rings is 1. The third kappa shape index (κ3) is 5.23. The molecule has 0 bridgehead atoms. The first-order chi connectivity index (χ1) is 16.2. The van der Waals surface area contributed by atoms with Crippen LogP contribution < -0.4 is 10.1 Å². The molecule has 0 saturated heterocycles. The van der Waals surface area contributed by atoms with E-state index in [1.165, 1.54) is 12.3 Å². The average Bonchev–Trinajstić information content (AvgIpc) is 3.45. The number of rotatable bonds is 8. The lowest BCUT2D eigenvalue weighted by molar-refractivity contribution is -0.137. The summed E-state index contributed by atoms with van der Waals surface area (Å²) in [6.07, 6.45) is -3.87. The lowest BCUT2D eigenvalue weighted by Gasteiger charge is -2.14. The predicted molar refractivity (Wildman–Crippen MR) is 118 cm³/mol. The number of alkyl halides is 3. The number of hydrogen-bond acceptors (Lipinski definition) is 5. The van der Waals surface area contributed by atoms with Crippen LogP contribution in [0, 0.1) is 0 Å². The Balaban J connectivity index is 1.55. The SMILES string of the molecule is COc1cccc(COC(C)C(=O)Nc2nc3cc(C(F)(F)F)ccc3n2Cc2ccco2)c1. The predicted octanol–water partition coefficient (Wildman–Crippen LogP) is 5.25. The number of methoxy groups -OCH3 is 1. The van der Waals surface area contributed by atoms with E-state index in [4.69, 9.17) is 13.9 Å². The number of halogens is 3. The largest absolute Gasteiger partial charge is 0.497 e. The van der Waals surface area contributed by atoms with E-state index in [2.05, 4.69) is 10.3 Å². The van der Waals surface area contributed by atoms with Gasteiger partial charge in [0.2, 0.25) is 5.95 Å². The van der Waals surface area contributed by atoms with Crippen LogP contribution in [-0.2, 0) is 28.9 Å². The molecule has 1 unspecified atom stereocenters. The van der Waals surface area contributed by atoms with Crippen molar-refractivity contribution in [1.82, 2.24) is 9.55 Å². The van der Waals surface area contributed by atoms with Crippen LogP contribution in [0.4, 0.5) is 19.1 Å². The minimum atomic E-state index is -4.51. The van der Waals surface area contributed by atoms with Gasteiger partial charge in [-0.2, -0.15) is 13.2 Å². The Morgan fingerprint density at radius 2 is 2.00 bits per heavy atom. The van der Waals surface area contributed by atoms with Crippen molar-refractivity contribution in [3.63, 3.8) is 0 Å². The molecule has 4 rings (SSSR count). The van der Waals surface area contributed by atoms with E-state index >= 15 is 0 Å². The smallest absolute Gasteiger partial charge is 0.416 e. The molecular formula is C24H22F3N3O4. The Labute approximate surface area is 193 Å². The zero-order valence-corrected chi connectivity index (χ0v) is 18.4. The van der Waals surface area contributed by atoms with Gasteiger partial charge in [0.25, 0.3) is 5.91 Å². The second-order valence-electron chi connectivity index (χ2n) is 7.60. The van der Waals surface area contributed by atoms with Crippen LogP contribution in [0.15, 0.2) is 65.3 Å². The summed E-state index contributed by atoms with van der Waals surface area (Å²) in [5.74, 6) is 0.822. The van der Waals surface area contributed by atoms with Gasteiger partial charge in [-0.05, 0) is 55.0 Å². The number of nitrogens with zero attached hydrogens (tertiary/aromatic N) is 2. The molecule has 178 valence electrons. The van der Waals surface area contributed by atoms with Gasteiger partial charge in [0.1, 0.15) is 17.6 Å². The Bertz CT molecular complexity index is 1280. The van der Waals surface area contributed by atoms with Gasteiger partial charge < -0.3 is 18.5 Å². The first-order valence-corrected chi connectivity index (χ1v) is 10.4. The number of amides is 1. The topological polar surface area (TPSA) is 78.5 Å². The van der Waals surface area contributed by atoms with Crippen LogP contribution in [0.1, 0.15) is 23.8 Å². The molecule has 4 aromatic rings. The number of carbonyl (C=O) groups is 1. The molecule has 1 atom stereocenters. The maximum absolute atomic E-state index is 13.2. The molecular weight excluding hydrogens is 451 g/mol. The van der Waals surface area contributed by atoms with Gasteiger partial charge >= 0.3 is 6.18 Å². The monoisotopic (exact) mass is 473 g/mol. The number of fused-ring (bicyclic) bond motifs is 1. The van der Waals surface area contributed by atoms with Crippen LogP contribution in [0.5, 0.6) is 5.75 Å². The summed E-state index contributed by atoms with van der Waals surface area (Å²) in [5.41, 5.74) is 0.519. The molecule has 2 aromatic heterocycles. The number of hydrogen-bond donors (Lipinski definition) is 1. The first kappa shape index (κ1) is 23.4. The van der Waals surface area contributed by atoms with Gasteiger partial charge in [-0.1, -0.05) is 12.1 Å². The molecule has 2 heterocycles. The lowest BCUT2D eigenvalue weighted by atomic mass is 10.2. The van der Waals surface area contributed by atoms with Crippen molar-refractivity contribution in [1.29, 1.82) is 0 Å². The number of ether oxygens (including phenoxy) is 2. The van der Waals surface area contributed by atoms with E-state index < -0.39 is 23.8 Å². The van der Waals surface area contributed by atoms with Crippen molar-refractivity contribution in [2.45, 2.75) is 32.4 Å². The Hall–Kier alpha value is -3.79. The second kappa shape index (κ2) is 9.60. The molecule has 10 heteroatoms. The molecule has 0 spiro atoms.